The van der Waals surface area contributed by atoms with Crippen LogP contribution >= 0.6 is 0 Å². The van der Waals surface area contributed by atoms with E-state index >= 15 is 0 Å². The number of amides is 1. The van der Waals surface area contributed by atoms with Crippen molar-refractivity contribution in [1.82, 2.24) is 5.32 Å². The summed E-state index contributed by atoms with van der Waals surface area (Å²) in [5, 5.41) is 3.22. The third kappa shape index (κ3) is 4.18. The van der Waals surface area contributed by atoms with Crippen molar-refractivity contribution in [1.29, 1.82) is 0 Å². The highest BCUT2D eigenvalue weighted by atomic mass is 16.2. The van der Waals surface area contributed by atoms with Crippen LogP contribution in [-0.2, 0) is 9.59 Å². The lowest BCUT2D eigenvalue weighted by Gasteiger charge is -2.34. The van der Waals surface area contributed by atoms with E-state index < -0.39 is 0 Å². The predicted octanol–water partition coefficient (Wildman–Crippen LogP) is 3.63. The van der Waals surface area contributed by atoms with Gasteiger partial charge in [0.1, 0.15) is 0 Å². The highest BCUT2D eigenvalue weighted by Crippen LogP contribution is 2.36. The van der Waals surface area contributed by atoms with Crippen molar-refractivity contribution < 1.29 is 9.59 Å². The fraction of sp³-hybridized carbons (Fsp3) is 0.778. The second kappa shape index (κ2) is 7.77. The van der Waals surface area contributed by atoms with Crippen LogP contribution < -0.4 is 5.32 Å². The molecular weight excluding hydrogens is 262 g/mol. The van der Waals surface area contributed by atoms with Gasteiger partial charge in [0, 0.05) is 17.9 Å². The standard InChI is InChI=1S/C18H29NO2/c1-3-17(20)16-12-8-7-11-15(16)13(2)18(21)19-14-9-5-4-6-10-14/h3,13-16H,1,4-12H2,2H3,(H,19,21). The average Bonchev–Trinajstić information content (AvgIpc) is 2.54. The first kappa shape index (κ1) is 16.3. The van der Waals surface area contributed by atoms with Gasteiger partial charge in [-0.25, -0.2) is 0 Å². The zero-order valence-corrected chi connectivity index (χ0v) is 13.3. The average molecular weight is 291 g/mol. The monoisotopic (exact) mass is 291 g/mol. The third-order valence-corrected chi connectivity index (χ3v) is 5.39. The molecule has 1 N–H and O–H groups in total. The summed E-state index contributed by atoms with van der Waals surface area (Å²) < 4.78 is 0. The van der Waals surface area contributed by atoms with Gasteiger partial charge in [0.25, 0.3) is 0 Å². The van der Waals surface area contributed by atoms with Gasteiger partial charge in [-0.05, 0) is 37.7 Å². The molecule has 3 unspecified atom stereocenters. The number of hydrogen-bond acceptors (Lipinski definition) is 2. The van der Waals surface area contributed by atoms with E-state index in [1.165, 1.54) is 25.3 Å². The number of carbonyl (C=O) groups excluding carboxylic acids is 2. The smallest absolute Gasteiger partial charge is 0.223 e. The summed E-state index contributed by atoms with van der Waals surface area (Å²) in [5.41, 5.74) is 0. The molecule has 0 spiro atoms. The van der Waals surface area contributed by atoms with Crippen LogP contribution in [0.1, 0.15) is 64.7 Å². The lowest BCUT2D eigenvalue weighted by atomic mass is 9.71. The van der Waals surface area contributed by atoms with Gasteiger partial charge in [-0.15, -0.1) is 0 Å². The fourth-order valence-electron chi connectivity index (χ4n) is 4.04. The van der Waals surface area contributed by atoms with Crippen LogP contribution in [0.3, 0.4) is 0 Å². The first-order valence-corrected chi connectivity index (χ1v) is 8.60. The number of rotatable bonds is 5. The molecule has 2 aliphatic rings. The van der Waals surface area contributed by atoms with Crippen LogP contribution in [-0.4, -0.2) is 17.7 Å². The number of nitrogens with one attached hydrogen (secondary N) is 1. The predicted molar refractivity (Wildman–Crippen MR) is 84.8 cm³/mol. The summed E-state index contributed by atoms with van der Waals surface area (Å²) in [5.74, 6) is 0.394. The molecule has 2 rings (SSSR count). The second-order valence-corrected chi connectivity index (χ2v) is 6.79. The van der Waals surface area contributed by atoms with Gasteiger partial charge in [-0.1, -0.05) is 45.6 Å². The Hall–Kier alpha value is -1.12. The van der Waals surface area contributed by atoms with Gasteiger partial charge in [0.05, 0.1) is 0 Å². The minimum Gasteiger partial charge on any atom is -0.353 e. The molecule has 0 radical (unpaired) electrons. The van der Waals surface area contributed by atoms with Crippen LogP contribution in [0.15, 0.2) is 12.7 Å². The summed E-state index contributed by atoms with van der Waals surface area (Å²) in [7, 11) is 0. The van der Waals surface area contributed by atoms with Crippen molar-refractivity contribution in [2.45, 2.75) is 70.8 Å². The van der Waals surface area contributed by atoms with Gasteiger partial charge < -0.3 is 5.32 Å². The van der Waals surface area contributed by atoms with E-state index in [-0.39, 0.29) is 29.4 Å². The fourth-order valence-corrected chi connectivity index (χ4v) is 4.04. The first-order chi connectivity index (χ1) is 10.1. The van der Waals surface area contributed by atoms with E-state index in [2.05, 4.69) is 11.9 Å². The highest BCUT2D eigenvalue weighted by Gasteiger charge is 2.36. The molecule has 3 atom stereocenters. The maximum Gasteiger partial charge on any atom is 0.223 e. The summed E-state index contributed by atoms with van der Waals surface area (Å²) in [6.07, 6.45) is 11.5. The molecule has 0 aromatic heterocycles. The minimum atomic E-state index is -0.0684. The molecule has 0 bridgehead atoms. The van der Waals surface area contributed by atoms with Crippen LogP contribution in [0.25, 0.3) is 0 Å². The molecule has 0 aromatic rings. The molecule has 0 aliphatic heterocycles. The van der Waals surface area contributed by atoms with Crippen molar-refractivity contribution in [3.63, 3.8) is 0 Å². The Bertz CT molecular complexity index is 385. The summed E-state index contributed by atoms with van der Waals surface area (Å²) >= 11 is 0. The van der Waals surface area contributed by atoms with Gasteiger partial charge in [-0.3, -0.25) is 9.59 Å². The highest BCUT2D eigenvalue weighted by molar-refractivity contribution is 5.92. The van der Waals surface area contributed by atoms with Crippen molar-refractivity contribution in [2.24, 2.45) is 17.8 Å². The normalized spacial score (nSPS) is 28.6. The maximum absolute atomic E-state index is 12.5. The van der Waals surface area contributed by atoms with Crippen LogP contribution in [0.2, 0.25) is 0 Å². The summed E-state index contributed by atoms with van der Waals surface area (Å²) in [6, 6.07) is 0.353. The molecule has 118 valence electrons. The minimum absolute atomic E-state index is 0.00311. The molecule has 2 fully saturated rings. The van der Waals surface area contributed by atoms with E-state index in [4.69, 9.17) is 0 Å². The molecule has 3 nitrogen and oxygen atoms in total. The molecule has 3 heteroatoms. The molecular formula is C18H29NO2. The van der Waals surface area contributed by atoms with E-state index in [1.54, 1.807) is 0 Å². The summed E-state index contributed by atoms with van der Waals surface area (Å²) in [4.78, 5) is 24.6. The Morgan fingerprint density at radius 3 is 2.33 bits per heavy atom. The molecule has 1 amide bonds. The van der Waals surface area contributed by atoms with Gasteiger partial charge in [0.2, 0.25) is 5.91 Å². The van der Waals surface area contributed by atoms with Crippen LogP contribution in [0, 0.1) is 17.8 Å². The van der Waals surface area contributed by atoms with Crippen LogP contribution in [0.5, 0.6) is 0 Å². The van der Waals surface area contributed by atoms with E-state index in [0.717, 1.165) is 38.5 Å². The topological polar surface area (TPSA) is 46.2 Å². The molecule has 0 saturated heterocycles. The quantitative estimate of drug-likeness (QED) is 0.786. The largest absolute Gasteiger partial charge is 0.353 e. The number of ketones is 1. The molecule has 2 saturated carbocycles. The lowest BCUT2D eigenvalue weighted by Crippen LogP contribution is -2.44. The zero-order valence-electron chi connectivity index (χ0n) is 13.3. The molecule has 21 heavy (non-hydrogen) atoms. The third-order valence-electron chi connectivity index (χ3n) is 5.39. The van der Waals surface area contributed by atoms with Crippen LogP contribution in [0.4, 0.5) is 0 Å². The van der Waals surface area contributed by atoms with Crippen molar-refractivity contribution in [3.8, 4) is 0 Å². The van der Waals surface area contributed by atoms with E-state index in [0.29, 0.717) is 6.04 Å². The SMILES string of the molecule is C=CC(=O)C1CCCCC1C(C)C(=O)NC1CCCCC1. The van der Waals surface area contributed by atoms with E-state index in [1.807, 2.05) is 6.92 Å². The van der Waals surface area contributed by atoms with Crippen molar-refractivity contribution in [3.05, 3.63) is 12.7 Å². The summed E-state index contributed by atoms with van der Waals surface area (Å²) in [6.45, 7) is 5.62. The van der Waals surface area contributed by atoms with Crippen molar-refractivity contribution >= 4 is 11.7 Å². The van der Waals surface area contributed by atoms with Gasteiger partial charge in [0.15, 0.2) is 5.78 Å². The molecule has 0 aromatic carbocycles. The number of allylic oxidation sites excluding steroid dienone is 1. The Kier molecular flexibility index (Phi) is 6.01. The lowest BCUT2D eigenvalue weighted by molar-refractivity contribution is -0.130. The Morgan fingerprint density at radius 2 is 1.67 bits per heavy atom. The number of hydrogen-bond donors (Lipinski definition) is 1. The van der Waals surface area contributed by atoms with Gasteiger partial charge >= 0.3 is 0 Å². The first-order valence-electron chi connectivity index (χ1n) is 8.60. The maximum atomic E-state index is 12.5. The van der Waals surface area contributed by atoms with Gasteiger partial charge in [-0.2, -0.15) is 0 Å². The Morgan fingerprint density at radius 1 is 1.05 bits per heavy atom. The zero-order chi connectivity index (χ0) is 15.2. The van der Waals surface area contributed by atoms with Crippen molar-refractivity contribution in [2.75, 3.05) is 0 Å². The molecule has 0 heterocycles. The Labute approximate surface area is 128 Å². The van der Waals surface area contributed by atoms with E-state index in [9.17, 15) is 9.59 Å². The molecule has 2 aliphatic carbocycles. The number of carbonyl (C=O) groups is 2. The second-order valence-electron chi connectivity index (χ2n) is 6.79. The Balaban J connectivity index is 1.95.